The number of amides is 2. The predicted octanol–water partition coefficient (Wildman–Crippen LogP) is 1.91. The van der Waals surface area contributed by atoms with Crippen molar-refractivity contribution in [3.63, 3.8) is 0 Å². The monoisotopic (exact) mass is 506 g/mol. The Kier molecular flexibility index (Phi) is 6.86. The molecule has 2 amide bonds. The van der Waals surface area contributed by atoms with E-state index < -0.39 is 30.2 Å². The van der Waals surface area contributed by atoms with Gasteiger partial charge in [0.2, 0.25) is 11.8 Å². The van der Waals surface area contributed by atoms with Crippen LogP contribution in [0.1, 0.15) is 41.9 Å². The highest BCUT2D eigenvalue weighted by molar-refractivity contribution is 5.90. The van der Waals surface area contributed by atoms with Gasteiger partial charge in [0.15, 0.2) is 0 Å². The lowest BCUT2D eigenvalue weighted by Gasteiger charge is -2.30. The number of rotatable bonds is 8. The summed E-state index contributed by atoms with van der Waals surface area (Å²) in [4.78, 5) is 43.3. The van der Waals surface area contributed by atoms with Crippen molar-refractivity contribution >= 4 is 28.7 Å². The molecule has 0 aliphatic carbocycles. The molecule has 0 spiro atoms. The molecule has 1 fully saturated rings. The van der Waals surface area contributed by atoms with Crippen LogP contribution in [0, 0.1) is 5.92 Å². The number of aliphatic hydroxyl groups excluding tert-OH is 1. The van der Waals surface area contributed by atoms with Gasteiger partial charge in [-0.15, -0.1) is 0 Å². The predicted molar refractivity (Wildman–Crippen MR) is 134 cm³/mol. The average Bonchev–Trinajstić information content (AvgIpc) is 3.63. The van der Waals surface area contributed by atoms with Crippen molar-refractivity contribution in [2.24, 2.45) is 5.92 Å². The van der Waals surface area contributed by atoms with E-state index in [0.717, 1.165) is 22.0 Å². The Morgan fingerprint density at radius 1 is 1.19 bits per heavy atom. The van der Waals surface area contributed by atoms with Gasteiger partial charge in [-0.2, -0.15) is 0 Å². The van der Waals surface area contributed by atoms with Crippen LogP contribution in [-0.2, 0) is 25.7 Å². The maximum atomic E-state index is 13.7. The van der Waals surface area contributed by atoms with E-state index in [2.05, 4.69) is 15.6 Å². The molecule has 3 aromatic rings. The first kappa shape index (κ1) is 24.8. The van der Waals surface area contributed by atoms with Crippen LogP contribution >= 0.6 is 0 Å². The molecule has 37 heavy (non-hydrogen) atoms. The van der Waals surface area contributed by atoms with E-state index in [0.29, 0.717) is 31.0 Å². The van der Waals surface area contributed by atoms with Gasteiger partial charge in [-0.25, -0.2) is 4.79 Å². The van der Waals surface area contributed by atoms with Gasteiger partial charge in [-0.05, 0) is 42.2 Å². The number of benzene rings is 2. The van der Waals surface area contributed by atoms with E-state index in [1.807, 2.05) is 48.5 Å². The Balaban J connectivity index is 1.44. The Bertz CT molecular complexity index is 1340. The number of fused-ring (bicyclic) bond motifs is 2. The van der Waals surface area contributed by atoms with E-state index in [1.165, 1.54) is 7.11 Å². The van der Waals surface area contributed by atoms with Gasteiger partial charge in [0.1, 0.15) is 24.1 Å². The summed E-state index contributed by atoms with van der Waals surface area (Å²) < 4.78 is 10.4. The number of aliphatic hydroxyl groups is 1. The maximum absolute atomic E-state index is 13.7. The molecule has 0 radical (unpaired) electrons. The SMILES string of the molecule is COC(=O)[C@H](C[C@@H]1CCNC1=O)NC(=O)C1c2ccccc2CN1C(O)c1cc2c(OC)cccc2[nH]1. The number of carbonyl (C=O) groups excluding carboxylic acids is 3. The zero-order valence-corrected chi connectivity index (χ0v) is 20.7. The van der Waals surface area contributed by atoms with E-state index in [-0.39, 0.29) is 18.2 Å². The van der Waals surface area contributed by atoms with Crippen molar-refractivity contribution in [3.8, 4) is 5.75 Å². The highest BCUT2D eigenvalue weighted by Crippen LogP contribution is 2.40. The fourth-order valence-corrected chi connectivity index (χ4v) is 5.34. The lowest BCUT2D eigenvalue weighted by Crippen LogP contribution is -2.48. The molecule has 10 heteroatoms. The second-order valence-corrected chi connectivity index (χ2v) is 9.39. The van der Waals surface area contributed by atoms with Crippen molar-refractivity contribution < 1.29 is 29.0 Å². The largest absolute Gasteiger partial charge is 0.496 e. The van der Waals surface area contributed by atoms with E-state index in [1.54, 1.807) is 12.0 Å². The number of nitrogens with zero attached hydrogens (tertiary/aromatic N) is 1. The van der Waals surface area contributed by atoms with Crippen LogP contribution in [0.15, 0.2) is 48.5 Å². The van der Waals surface area contributed by atoms with E-state index in [9.17, 15) is 19.5 Å². The van der Waals surface area contributed by atoms with E-state index >= 15 is 0 Å². The Labute approximate surface area is 213 Å². The number of ether oxygens (including phenoxy) is 2. The lowest BCUT2D eigenvalue weighted by atomic mass is 9.97. The molecule has 2 aliphatic heterocycles. The molecule has 4 N–H and O–H groups in total. The summed E-state index contributed by atoms with van der Waals surface area (Å²) in [5.41, 5.74) is 2.96. The molecule has 0 saturated carbocycles. The fourth-order valence-electron chi connectivity index (χ4n) is 5.34. The van der Waals surface area contributed by atoms with Crippen molar-refractivity contribution in [1.82, 2.24) is 20.5 Å². The number of aromatic amines is 1. The summed E-state index contributed by atoms with van der Waals surface area (Å²) in [7, 11) is 2.84. The molecule has 2 unspecified atom stereocenters. The van der Waals surface area contributed by atoms with Crippen LogP contribution in [0.3, 0.4) is 0 Å². The average molecular weight is 507 g/mol. The van der Waals surface area contributed by atoms with Gasteiger partial charge in [-0.1, -0.05) is 30.3 Å². The molecule has 3 heterocycles. The minimum absolute atomic E-state index is 0.138. The van der Waals surface area contributed by atoms with Gasteiger partial charge in [0.25, 0.3) is 0 Å². The molecule has 4 atom stereocenters. The van der Waals surface area contributed by atoms with Crippen molar-refractivity contribution in [2.75, 3.05) is 20.8 Å². The van der Waals surface area contributed by atoms with Crippen LogP contribution in [-0.4, -0.2) is 59.6 Å². The summed E-state index contributed by atoms with van der Waals surface area (Å²) in [5, 5.41) is 17.8. The quantitative estimate of drug-likeness (QED) is 0.343. The van der Waals surface area contributed by atoms with Crippen molar-refractivity contribution in [2.45, 2.75) is 37.7 Å². The van der Waals surface area contributed by atoms with Crippen LogP contribution in [0.25, 0.3) is 10.9 Å². The van der Waals surface area contributed by atoms with Crippen LogP contribution in [0.2, 0.25) is 0 Å². The van der Waals surface area contributed by atoms with Gasteiger partial charge < -0.3 is 30.2 Å². The minimum Gasteiger partial charge on any atom is -0.496 e. The third-order valence-corrected chi connectivity index (χ3v) is 7.23. The number of H-pyrrole nitrogens is 1. The molecule has 194 valence electrons. The topological polar surface area (TPSA) is 133 Å². The lowest BCUT2D eigenvalue weighted by molar-refractivity contribution is -0.147. The van der Waals surface area contributed by atoms with Gasteiger partial charge >= 0.3 is 5.97 Å². The van der Waals surface area contributed by atoms with Crippen LogP contribution in [0.4, 0.5) is 0 Å². The molecular weight excluding hydrogens is 476 g/mol. The zero-order valence-electron chi connectivity index (χ0n) is 20.7. The van der Waals surface area contributed by atoms with Gasteiger partial charge in [0.05, 0.1) is 19.9 Å². The first-order valence-electron chi connectivity index (χ1n) is 12.2. The highest BCUT2D eigenvalue weighted by atomic mass is 16.5. The first-order valence-corrected chi connectivity index (χ1v) is 12.2. The maximum Gasteiger partial charge on any atom is 0.328 e. The summed E-state index contributed by atoms with van der Waals surface area (Å²) >= 11 is 0. The molecule has 10 nitrogen and oxygen atoms in total. The summed E-state index contributed by atoms with van der Waals surface area (Å²) in [6.07, 6.45) is -0.413. The second kappa shape index (κ2) is 10.2. The van der Waals surface area contributed by atoms with Crippen LogP contribution in [0.5, 0.6) is 5.75 Å². The molecule has 1 aromatic heterocycles. The van der Waals surface area contributed by atoms with E-state index in [4.69, 9.17) is 9.47 Å². The number of aromatic nitrogens is 1. The number of esters is 1. The van der Waals surface area contributed by atoms with Crippen molar-refractivity contribution in [1.29, 1.82) is 0 Å². The summed E-state index contributed by atoms with van der Waals surface area (Å²) in [6.45, 7) is 0.868. The molecule has 2 aromatic carbocycles. The number of nitrogens with one attached hydrogen (secondary N) is 3. The Hall–Kier alpha value is -3.89. The third kappa shape index (κ3) is 4.65. The summed E-state index contributed by atoms with van der Waals surface area (Å²) in [5.74, 6) is -0.923. The minimum atomic E-state index is -1.14. The molecular formula is C27H30N4O6. The third-order valence-electron chi connectivity index (χ3n) is 7.23. The van der Waals surface area contributed by atoms with Gasteiger partial charge in [-0.3, -0.25) is 14.5 Å². The van der Waals surface area contributed by atoms with Crippen molar-refractivity contribution in [3.05, 3.63) is 65.4 Å². The highest BCUT2D eigenvalue weighted by Gasteiger charge is 2.42. The summed E-state index contributed by atoms with van der Waals surface area (Å²) in [6, 6.07) is 13.0. The zero-order chi connectivity index (χ0) is 26.1. The molecule has 5 rings (SSSR count). The fraction of sp³-hybridized carbons (Fsp3) is 0.370. The second-order valence-electron chi connectivity index (χ2n) is 9.39. The molecule has 0 bridgehead atoms. The Morgan fingerprint density at radius 3 is 2.73 bits per heavy atom. The number of methoxy groups -OCH3 is 2. The normalized spacial score (nSPS) is 20.8. The standard InChI is InChI=1S/C27H30N4O6/c1-36-22-9-5-8-19-18(22)13-20(29-19)26(34)31-14-16-6-3-4-7-17(16)23(31)25(33)30-21(27(35)37-2)12-15-10-11-28-24(15)32/h3-9,13,15,21,23,26,29,34H,10-12,14H2,1-2H3,(H,28,32)(H,30,33)/t15-,21-,23?,26?/m0/s1. The molecule has 2 aliphatic rings. The molecule has 1 saturated heterocycles. The number of hydrogen-bond acceptors (Lipinski definition) is 7. The number of carbonyl (C=O) groups is 3. The Morgan fingerprint density at radius 2 is 2.00 bits per heavy atom. The first-order chi connectivity index (χ1) is 17.9. The number of hydrogen-bond donors (Lipinski definition) is 4. The van der Waals surface area contributed by atoms with Gasteiger partial charge in [0, 0.05) is 29.9 Å². The van der Waals surface area contributed by atoms with Crippen LogP contribution < -0.4 is 15.4 Å². The smallest absolute Gasteiger partial charge is 0.328 e.